The maximum atomic E-state index is 13.2. The van der Waals surface area contributed by atoms with Gasteiger partial charge in [-0.3, -0.25) is 9.59 Å². The largest absolute Gasteiger partial charge is 0.272 e. The van der Waals surface area contributed by atoms with Gasteiger partial charge in [0, 0.05) is 17.5 Å². The first-order valence-electron chi connectivity index (χ1n) is 9.23. The van der Waals surface area contributed by atoms with Crippen molar-refractivity contribution in [1.29, 1.82) is 0 Å². The van der Waals surface area contributed by atoms with E-state index in [1.165, 1.54) is 22.3 Å². The molecule has 1 heterocycles. The summed E-state index contributed by atoms with van der Waals surface area (Å²) in [4.78, 5) is 26.4. The Morgan fingerprint density at radius 1 is 0.846 bits per heavy atom. The Morgan fingerprint density at radius 3 is 1.58 bits per heavy atom. The molecule has 4 aliphatic rings. The van der Waals surface area contributed by atoms with Crippen molar-refractivity contribution in [2.24, 2.45) is 16.9 Å². The van der Waals surface area contributed by atoms with Crippen LogP contribution in [0.25, 0.3) is 0 Å². The van der Waals surface area contributed by atoms with Gasteiger partial charge in [0.05, 0.1) is 11.8 Å². The number of benzene rings is 2. The fourth-order valence-electron chi connectivity index (χ4n) is 5.00. The van der Waals surface area contributed by atoms with Gasteiger partial charge in [0.25, 0.3) is 11.8 Å². The summed E-state index contributed by atoms with van der Waals surface area (Å²) in [6.45, 7) is 3.84. The van der Waals surface area contributed by atoms with E-state index < -0.39 is 0 Å². The summed E-state index contributed by atoms with van der Waals surface area (Å²) in [6, 6.07) is 16.5. The van der Waals surface area contributed by atoms with Gasteiger partial charge in [-0.2, -0.15) is 10.1 Å². The molecule has 1 fully saturated rings. The Hall–Kier alpha value is -2.75. The van der Waals surface area contributed by atoms with Gasteiger partial charge in [-0.25, -0.2) is 0 Å². The highest BCUT2D eigenvalue weighted by molar-refractivity contribution is 6.08. The Labute approximate surface area is 152 Å². The number of carbonyl (C=O) groups excluding carboxylic acids is 2. The highest BCUT2D eigenvalue weighted by Crippen LogP contribution is 2.60. The molecule has 26 heavy (non-hydrogen) atoms. The predicted octanol–water partition coefficient (Wildman–Crippen LogP) is 3.66. The monoisotopic (exact) mass is 344 g/mol. The molecular formula is C22H20N2O2. The minimum absolute atomic E-state index is 0.0593. The molecule has 1 aliphatic heterocycles. The molecule has 2 bridgehead atoms. The molecule has 3 aliphatic carbocycles. The summed E-state index contributed by atoms with van der Waals surface area (Å²) in [5.74, 6) is -1.10. The zero-order valence-electron chi connectivity index (χ0n) is 14.8. The van der Waals surface area contributed by atoms with Crippen LogP contribution in [0.15, 0.2) is 53.6 Å². The van der Waals surface area contributed by atoms with Crippen LogP contribution < -0.4 is 0 Å². The molecule has 130 valence electrons. The molecule has 2 amide bonds. The van der Waals surface area contributed by atoms with Crippen molar-refractivity contribution in [1.82, 2.24) is 5.01 Å². The minimum Gasteiger partial charge on any atom is -0.272 e. The Kier molecular flexibility index (Phi) is 3.20. The van der Waals surface area contributed by atoms with Crippen molar-refractivity contribution >= 4 is 17.5 Å². The number of carbonyl (C=O) groups is 2. The predicted molar refractivity (Wildman–Crippen MR) is 98.8 cm³/mol. The number of hydrogen-bond donors (Lipinski definition) is 0. The van der Waals surface area contributed by atoms with Gasteiger partial charge in [-0.15, -0.1) is 0 Å². The van der Waals surface area contributed by atoms with Crippen LogP contribution in [0, 0.1) is 11.8 Å². The van der Waals surface area contributed by atoms with Crippen LogP contribution >= 0.6 is 0 Å². The minimum atomic E-state index is -0.342. The third kappa shape index (κ3) is 1.82. The van der Waals surface area contributed by atoms with Gasteiger partial charge >= 0.3 is 0 Å². The second-order valence-electron chi connectivity index (χ2n) is 7.44. The quantitative estimate of drug-likeness (QED) is 0.616. The smallest absolute Gasteiger partial charge is 0.254 e. The maximum Gasteiger partial charge on any atom is 0.254 e. The van der Waals surface area contributed by atoms with Crippen molar-refractivity contribution < 1.29 is 9.59 Å². The molecule has 0 spiro atoms. The lowest BCUT2D eigenvalue weighted by molar-refractivity contribution is -0.140. The van der Waals surface area contributed by atoms with Crippen molar-refractivity contribution in [3.63, 3.8) is 0 Å². The number of hydrogen-bond acceptors (Lipinski definition) is 3. The van der Waals surface area contributed by atoms with Crippen LogP contribution in [0.1, 0.15) is 54.4 Å². The van der Waals surface area contributed by atoms with Crippen LogP contribution in [-0.2, 0) is 9.59 Å². The highest BCUT2D eigenvalue weighted by atomic mass is 16.2. The molecule has 4 heteroatoms. The Morgan fingerprint density at radius 2 is 1.23 bits per heavy atom. The first-order chi connectivity index (χ1) is 12.6. The van der Waals surface area contributed by atoms with E-state index in [9.17, 15) is 9.59 Å². The summed E-state index contributed by atoms with van der Waals surface area (Å²) < 4.78 is 0. The summed E-state index contributed by atoms with van der Waals surface area (Å²) in [5, 5.41) is 5.51. The molecular weight excluding hydrogens is 324 g/mol. The highest BCUT2D eigenvalue weighted by Gasteiger charge is 2.61. The van der Waals surface area contributed by atoms with E-state index in [1.807, 2.05) is 38.1 Å². The SMILES string of the molecule is CC/C(C)=N/N1C(=O)C2C3c4ccccc4C(c4ccccc43)C2C1=O. The zero-order chi connectivity index (χ0) is 18.0. The second-order valence-corrected chi connectivity index (χ2v) is 7.44. The summed E-state index contributed by atoms with van der Waals surface area (Å²) >= 11 is 0. The van der Waals surface area contributed by atoms with Crippen molar-refractivity contribution in [2.45, 2.75) is 32.1 Å². The van der Waals surface area contributed by atoms with Crippen molar-refractivity contribution in [2.75, 3.05) is 0 Å². The number of amides is 2. The first-order valence-corrected chi connectivity index (χ1v) is 9.23. The molecule has 2 atom stereocenters. The van der Waals surface area contributed by atoms with Crippen molar-refractivity contribution in [3.05, 3.63) is 70.8 Å². The van der Waals surface area contributed by atoms with E-state index >= 15 is 0 Å². The van der Waals surface area contributed by atoms with Crippen LogP contribution in [0.5, 0.6) is 0 Å². The normalized spacial score (nSPS) is 28.8. The summed E-state index contributed by atoms with van der Waals surface area (Å²) in [6.07, 6.45) is 0.722. The molecule has 2 unspecified atom stereocenters. The zero-order valence-corrected chi connectivity index (χ0v) is 14.8. The fraction of sp³-hybridized carbons (Fsp3) is 0.318. The number of rotatable bonds is 2. The number of imide groups is 1. The van der Waals surface area contributed by atoms with E-state index in [2.05, 4.69) is 29.4 Å². The van der Waals surface area contributed by atoms with E-state index in [1.54, 1.807) is 0 Å². The molecule has 1 saturated heterocycles. The lowest BCUT2D eigenvalue weighted by atomic mass is 9.55. The molecule has 0 N–H and O–H groups in total. The molecule has 4 nitrogen and oxygen atoms in total. The number of hydrazone groups is 1. The summed E-state index contributed by atoms with van der Waals surface area (Å²) in [7, 11) is 0. The molecule has 2 aromatic carbocycles. The Balaban J connectivity index is 1.73. The molecule has 0 saturated carbocycles. The van der Waals surface area contributed by atoms with Gasteiger partial charge in [0.15, 0.2) is 0 Å². The van der Waals surface area contributed by atoms with Crippen LogP contribution in [0.2, 0.25) is 0 Å². The topological polar surface area (TPSA) is 49.7 Å². The average molecular weight is 344 g/mol. The lowest BCUT2D eigenvalue weighted by Crippen LogP contribution is -2.41. The van der Waals surface area contributed by atoms with Gasteiger partial charge < -0.3 is 0 Å². The standard InChI is InChI=1S/C22H20N2O2/c1-3-12(2)23-24-21(25)19-17-13-8-4-5-9-14(13)18(20(19)22(24)26)16-11-7-6-10-15(16)17/h4-11,17-20H,3H2,1-2H3/b23-12+. The first kappa shape index (κ1) is 15.5. The van der Waals surface area contributed by atoms with Crippen molar-refractivity contribution in [3.8, 4) is 0 Å². The van der Waals surface area contributed by atoms with Crippen LogP contribution in [0.4, 0.5) is 0 Å². The van der Waals surface area contributed by atoms with Gasteiger partial charge in [0.1, 0.15) is 0 Å². The van der Waals surface area contributed by atoms with E-state index in [-0.39, 0.29) is 35.5 Å². The third-order valence-corrected chi connectivity index (χ3v) is 6.21. The van der Waals surface area contributed by atoms with Gasteiger partial charge in [-0.1, -0.05) is 55.5 Å². The second kappa shape index (κ2) is 5.37. The molecule has 6 rings (SSSR count). The molecule has 0 aromatic heterocycles. The molecule has 2 aromatic rings. The van der Waals surface area contributed by atoms with Gasteiger partial charge in [-0.05, 0) is 35.6 Å². The van der Waals surface area contributed by atoms with Crippen LogP contribution in [-0.4, -0.2) is 22.5 Å². The Bertz CT molecular complexity index is 862. The molecule has 0 radical (unpaired) electrons. The van der Waals surface area contributed by atoms with E-state index in [0.29, 0.717) is 0 Å². The average Bonchev–Trinajstić information content (AvgIpc) is 2.93. The van der Waals surface area contributed by atoms with E-state index in [4.69, 9.17) is 0 Å². The van der Waals surface area contributed by atoms with Gasteiger partial charge in [0.2, 0.25) is 0 Å². The van der Waals surface area contributed by atoms with Crippen LogP contribution in [0.3, 0.4) is 0 Å². The van der Waals surface area contributed by atoms with E-state index in [0.717, 1.165) is 17.1 Å². The lowest BCUT2D eigenvalue weighted by Gasteiger charge is -2.45. The number of nitrogens with zero attached hydrogens (tertiary/aromatic N) is 2. The summed E-state index contributed by atoms with van der Waals surface area (Å²) in [5.41, 5.74) is 5.56. The third-order valence-electron chi connectivity index (χ3n) is 6.21. The fourth-order valence-corrected chi connectivity index (χ4v) is 5.00. The maximum absolute atomic E-state index is 13.2.